The first kappa shape index (κ1) is 14.7. The molecule has 20 heavy (non-hydrogen) atoms. The fourth-order valence-electron chi connectivity index (χ4n) is 2.45. The van der Waals surface area contributed by atoms with E-state index in [2.05, 4.69) is 5.32 Å². The molecule has 108 valence electrons. The second-order valence-corrected chi connectivity index (χ2v) is 5.29. The average Bonchev–Trinajstić information content (AvgIpc) is 2.60. The Labute approximate surface area is 122 Å². The van der Waals surface area contributed by atoms with Gasteiger partial charge in [-0.2, -0.15) is 0 Å². The number of amides is 1. The number of benzene rings is 1. The molecule has 0 spiro atoms. The van der Waals surface area contributed by atoms with Crippen LogP contribution < -0.4 is 10.2 Å². The predicted molar refractivity (Wildman–Crippen MR) is 77.1 cm³/mol. The van der Waals surface area contributed by atoms with Crippen molar-refractivity contribution in [1.29, 1.82) is 0 Å². The van der Waals surface area contributed by atoms with Crippen molar-refractivity contribution in [3.63, 3.8) is 0 Å². The number of nitrogens with zero attached hydrogens (tertiary/aromatic N) is 1. The van der Waals surface area contributed by atoms with Crippen molar-refractivity contribution in [2.24, 2.45) is 0 Å². The number of anilines is 1. The lowest BCUT2D eigenvalue weighted by Crippen LogP contribution is -2.40. The Morgan fingerprint density at radius 3 is 3.00 bits per heavy atom. The summed E-state index contributed by atoms with van der Waals surface area (Å²) in [5.41, 5.74) is 0.736. The van der Waals surface area contributed by atoms with Gasteiger partial charge in [0.2, 0.25) is 5.91 Å². The van der Waals surface area contributed by atoms with Crippen LogP contribution in [0.5, 0.6) is 0 Å². The predicted octanol–water partition coefficient (Wildman–Crippen LogP) is 1.90. The number of nitrogens with one attached hydrogen (secondary N) is 1. The van der Waals surface area contributed by atoms with Gasteiger partial charge in [0.05, 0.1) is 0 Å². The number of hydrogen-bond donors (Lipinski definition) is 2. The number of hydrogen-bond acceptors (Lipinski definition) is 3. The van der Waals surface area contributed by atoms with E-state index in [9.17, 15) is 9.59 Å². The van der Waals surface area contributed by atoms with Crippen molar-refractivity contribution >= 4 is 29.2 Å². The first-order valence-corrected chi connectivity index (χ1v) is 6.95. The van der Waals surface area contributed by atoms with Crippen LogP contribution in [0.15, 0.2) is 24.3 Å². The third kappa shape index (κ3) is 3.87. The molecule has 1 atom stereocenters. The Kier molecular flexibility index (Phi) is 4.84. The van der Waals surface area contributed by atoms with Gasteiger partial charge in [0.25, 0.3) is 0 Å². The molecule has 0 bridgehead atoms. The molecule has 1 aliphatic rings. The summed E-state index contributed by atoms with van der Waals surface area (Å²) in [6.45, 7) is 0.504. The average molecular weight is 297 g/mol. The van der Waals surface area contributed by atoms with Crippen LogP contribution in [0.2, 0.25) is 5.02 Å². The van der Waals surface area contributed by atoms with E-state index in [4.69, 9.17) is 16.7 Å². The molecule has 0 radical (unpaired) electrons. The van der Waals surface area contributed by atoms with E-state index in [1.165, 1.54) is 0 Å². The number of carboxylic acids is 1. The van der Waals surface area contributed by atoms with Gasteiger partial charge in [0.15, 0.2) is 0 Å². The normalized spacial score (nSPS) is 19.1. The number of aliphatic carboxylic acids is 1. The summed E-state index contributed by atoms with van der Waals surface area (Å²) in [5, 5.41) is 12.5. The standard InChI is InChI=1S/C14H17ClN2O3/c15-10-3-1-4-11(7-10)17(9-14(19)20)12-5-2-6-16-13(18)8-12/h1,3-4,7,12H,2,5-6,8-9H2,(H,16,18)(H,19,20). The zero-order chi connectivity index (χ0) is 14.5. The summed E-state index contributed by atoms with van der Waals surface area (Å²) in [6.07, 6.45) is 1.92. The number of rotatable bonds is 4. The fourth-order valence-corrected chi connectivity index (χ4v) is 2.64. The Morgan fingerprint density at radius 2 is 2.30 bits per heavy atom. The Morgan fingerprint density at radius 1 is 1.50 bits per heavy atom. The molecule has 2 N–H and O–H groups in total. The van der Waals surface area contributed by atoms with Gasteiger partial charge in [-0.25, -0.2) is 0 Å². The van der Waals surface area contributed by atoms with Crippen LogP contribution in [-0.2, 0) is 9.59 Å². The van der Waals surface area contributed by atoms with Crippen LogP contribution in [0, 0.1) is 0 Å². The van der Waals surface area contributed by atoms with Crippen LogP contribution in [0.3, 0.4) is 0 Å². The van der Waals surface area contributed by atoms with E-state index in [-0.39, 0.29) is 18.5 Å². The van der Waals surface area contributed by atoms with Crippen LogP contribution in [0.4, 0.5) is 5.69 Å². The molecule has 1 aromatic rings. The maximum Gasteiger partial charge on any atom is 0.323 e. The summed E-state index contributed by atoms with van der Waals surface area (Å²) >= 11 is 5.97. The van der Waals surface area contributed by atoms with Crippen molar-refractivity contribution in [2.45, 2.75) is 25.3 Å². The van der Waals surface area contributed by atoms with E-state index in [1.807, 2.05) is 6.07 Å². The molecular formula is C14H17ClN2O3. The van der Waals surface area contributed by atoms with E-state index in [0.717, 1.165) is 18.5 Å². The topological polar surface area (TPSA) is 69.6 Å². The van der Waals surface area contributed by atoms with Gasteiger partial charge in [-0.05, 0) is 31.0 Å². The SMILES string of the molecule is O=C(O)CN(c1cccc(Cl)c1)C1CCCNC(=O)C1. The second-order valence-electron chi connectivity index (χ2n) is 4.85. The molecule has 1 aromatic carbocycles. The van der Waals surface area contributed by atoms with Crippen molar-refractivity contribution < 1.29 is 14.7 Å². The maximum absolute atomic E-state index is 11.7. The summed E-state index contributed by atoms with van der Waals surface area (Å²) in [4.78, 5) is 24.5. The molecule has 0 saturated carbocycles. The van der Waals surface area contributed by atoms with Crippen molar-refractivity contribution in [1.82, 2.24) is 5.32 Å². The number of carboxylic acid groups (broad SMARTS) is 1. The first-order valence-electron chi connectivity index (χ1n) is 6.57. The van der Waals surface area contributed by atoms with Crippen molar-refractivity contribution in [3.8, 4) is 0 Å². The maximum atomic E-state index is 11.7. The van der Waals surface area contributed by atoms with E-state index < -0.39 is 5.97 Å². The highest BCUT2D eigenvalue weighted by atomic mass is 35.5. The van der Waals surface area contributed by atoms with Gasteiger partial charge >= 0.3 is 5.97 Å². The summed E-state index contributed by atoms with van der Waals surface area (Å²) in [7, 11) is 0. The monoisotopic (exact) mass is 296 g/mol. The largest absolute Gasteiger partial charge is 0.480 e. The van der Waals surface area contributed by atoms with Crippen LogP contribution >= 0.6 is 11.6 Å². The Hall–Kier alpha value is -1.75. The third-order valence-electron chi connectivity index (χ3n) is 3.34. The molecule has 1 saturated heterocycles. The molecule has 0 aromatic heterocycles. The van der Waals surface area contributed by atoms with Gasteiger partial charge < -0.3 is 15.3 Å². The minimum atomic E-state index is -0.922. The highest BCUT2D eigenvalue weighted by Crippen LogP contribution is 2.25. The van der Waals surface area contributed by atoms with Gasteiger partial charge in [0.1, 0.15) is 6.54 Å². The molecule has 0 aliphatic carbocycles. The molecule has 2 rings (SSSR count). The molecule has 1 aliphatic heterocycles. The highest BCUT2D eigenvalue weighted by Gasteiger charge is 2.25. The number of carbonyl (C=O) groups is 2. The Balaban J connectivity index is 2.26. The lowest BCUT2D eigenvalue weighted by molar-refractivity contribution is -0.135. The third-order valence-corrected chi connectivity index (χ3v) is 3.58. The minimum absolute atomic E-state index is 0.0371. The zero-order valence-corrected chi connectivity index (χ0v) is 11.8. The van der Waals surface area contributed by atoms with Gasteiger partial charge in [-0.15, -0.1) is 0 Å². The minimum Gasteiger partial charge on any atom is -0.480 e. The molecule has 5 nitrogen and oxygen atoms in total. The summed E-state index contributed by atoms with van der Waals surface area (Å²) < 4.78 is 0. The smallest absolute Gasteiger partial charge is 0.323 e. The van der Waals surface area contributed by atoms with Gasteiger partial charge in [-0.3, -0.25) is 9.59 Å². The molecular weight excluding hydrogens is 280 g/mol. The number of carbonyl (C=O) groups excluding carboxylic acids is 1. The lowest BCUT2D eigenvalue weighted by Gasteiger charge is -2.31. The number of halogens is 1. The summed E-state index contributed by atoms with van der Waals surface area (Å²) in [6, 6.07) is 6.95. The second kappa shape index (κ2) is 6.61. The molecule has 6 heteroatoms. The van der Waals surface area contributed by atoms with Crippen molar-refractivity contribution in [3.05, 3.63) is 29.3 Å². The fraction of sp³-hybridized carbons (Fsp3) is 0.429. The Bertz CT molecular complexity index is 507. The molecule has 1 amide bonds. The summed E-state index contributed by atoms with van der Waals surface area (Å²) in [5.74, 6) is -0.959. The quantitative estimate of drug-likeness (QED) is 0.890. The van der Waals surface area contributed by atoms with Crippen LogP contribution in [0.25, 0.3) is 0 Å². The highest BCUT2D eigenvalue weighted by molar-refractivity contribution is 6.30. The van der Waals surface area contributed by atoms with Crippen LogP contribution in [0.1, 0.15) is 19.3 Å². The van der Waals surface area contributed by atoms with E-state index in [0.29, 0.717) is 18.0 Å². The molecule has 1 heterocycles. The molecule has 1 unspecified atom stereocenters. The van der Waals surface area contributed by atoms with Gasteiger partial charge in [0, 0.05) is 29.7 Å². The van der Waals surface area contributed by atoms with Crippen LogP contribution in [-0.4, -0.2) is 36.1 Å². The van der Waals surface area contributed by atoms with Crippen molar-refractivity contribution in [2.75, 3.05) is 18.0 Å². The zero-order valence-electron chi connectivity index (χ0n) is 11.0. The van der Waals surface area contributed by atoms with Gasteiger partial charge in [-0.1, -0.05) is 17.7 Å². The van der Waals surface area contributed by atoms with E-state index in [1.54, 1.807) is 23.1 Å². The lowest BCUT2D eigenvalue weighted by atomic mass is 10.1. The first-order chi connectivity index (χ1) is 9.56. The molecule has 1 fully saturated rings. The van der Waals surface area contributed by atoms with E-state index >= 15 is 0 Å².